The minimum atomic E-state index is -0.476. The van der Waals surface area contributed by atoms with Crippen molar-refractivity contribution in [1.82, 2.24) is 19.8 Å². The topological polar surface area (TPSA) is 96.7 Å². The second kappa shape index (κ2) is 9.95. The van der Waals surface area contributed by atoms with E-state index in [9.17, 15) is 4.79 Å². The zero-order valence-electron chi connectivity index (χ0n) is 21.5. The van der Waals surface area contributed by atoms with Gasteiger partial charge in [-0.05, 0) is 49.6 Å². The van der Waals surface area contributed by atoms with E-state index in [0.29, 0.717) is 18.2 Å². The number of pyridine rings is 1. The first-order chi connectivity index (χ1) is 17.3. The summed E-state index contributed by atoms with van der Waals surface area (Å²) < 4.78 is 11.5. The van der Waals surface area contributed by atoms with Gasteiger partial charge in [0, 0.05) is 59.6 Å². The number of aryl methyl sites for hydroxylation is 2. The van der Waals surface area contributed by atoms with Gasteiger partial charge in [0.2, 0.25) is 0 Å². The van der Waals surface area contributed by atoms with Crippen LogP contribution >= 0.6 is 0 Å². The number of H-pyrrole nitrogens is 1. The zero-order chi connectivity index (χ0) is 25.4. The molecule has 8 nitrogen and oxygen atoms in total. The normalized spacial score (nSPS) is 18.6. The highest BCUT2D eigenvalue weighted by Crippen LogP contribution is 2.39. The number of rotatable bonds is 7. The molecule has 1 aromatic carbocycles. The van der Waals surface area contributed by atoms with Gasteiger partial charge in [-0.25, -0.2) is 0 Å². The highest BCUT2D eigenvalue weighted by molar-refractivity contribution is 5.93. The molecule has 3 aromatic rings. The number of ether oxygens (including phenoxy) is 2. The third kappa shape index (κ3) is 4.70. The molecule has 8 heteroatoms. The van der Waals surface area contributed by atoms with Gasteiger partial charge in [-0.3, -0.25) is 14.7 Å². The fraction of sp³-hybridized carbons (Fsp3) is 0.429. The quantitative estimate of drug-likeness (QED) is 0.522. The molecule has 0 spiro atoms. The van der Waals surface area contributed by atoms with Crippen molar-refractivity contribution in [2.75, 3.05) is 39.4 Å². The molecular weight excluding hydrogens is 454 g/mol. The van der Waals surface area contributed by atoms with Crippen molar-refractivity contribution in [3.8, 4) is 11.3 Å². The van der Waals surface area contributed by atoms with Gasteiger partial charge in [0.05, 0.1) is 18.9 Å². The number of aromatic amines is 1. The van der Waals surface area contributed by atoms with Crippen molar-refractivity contribution in [3.63, 3.8) is 0 Å². The molecule has 0 bridgehead atoms. The number of amides is 1. The van der Waals surface area contributed by atoms with Gasteiger partial charge < -0.3 is 25.1 Å². The number of nitrogens with one attached hydrogen (secondary N) is 1. The molecule has 3 N–H and O–H groups in total. The molecule has 1 atom stereocenters. The number of primary amides is 1. The lowest BCUT2D eigenvalue weighted by molar-refractivity contribution is -0.116. The second-order valence-electron chi connectivity index (χ2n) is 10.0. The molecule has 2 aliphatic rings. The molecule has 1 saturated heterocycles. The van der Waals surface area contributed by atoms with Gasteiger partial charge in [-0.2, -0.15) is 0 Å². The Labute approximate surface area is 212 Å². The Morgan fingerprint density at radius 1 is 1.14 bits per heavy atom. The summed E-state index contributed by atoms with van der Waals surface area (Å²) >= 11 is 0. The van der Waals surface area contributed by atoms with E-state index in [4.69, 9.17) is 15.2 Å². The minimum absolute atomic E-state index is 0.305. The van der Waals surface area contributed by atoms with Crippen LogP contribution in [0.4, 0.5) is 0 Å². The van der Waals surface area contributed by atoms with E-state index in [1.54, 1.807) is 0 Å². The molecule has 2 aromatic heterocycles. The van der Waals surface area contributed by atoms with Crippen LogP contribution in [0.2, 0.25) is 0 Å². The largest absolute Gasteiger partial charge is 0.471 e. The summed E-state index contributed by atoms with van der Waals surface area (Å²) in [5.41, 5.74) is 13.7. The van der Waals surface area contributed by atoms with Gasteiger partial charge in [-0.15, -0.1) is 0 Å². The first-order valence-electron chi connectivity index (χ1n) is 12.6. The number of hydrogen-bond donors (Lipinski definition) is 2. The van der Waals surface area contributed by atoms with E-state index < -0.39 is 12.1 Å². The van der Waals surface area contributed by atoms with Crippen LogP contribution < -0.4 is 5.73 Å². The van der Waals surface area contributed by atoms with Gasteiger partial charge in [-0.1, -0.05) is 19.9 Å². The number of fused-ring (bicyclic) bond motifs is 1. The summed E-state index contributed by atoms with van der Waals surface area (Å²) in [6.07, 6.45) is 1.10. The summed E-state index contributed by atoms with van der Waals surface area (Å²) in [6.45, 7) is 13.2. The van der Waals surface area contributed by atoms with Crippen LogP contribution in [0, 0.1) is 13.8 Å². The fourth-order valence-electron chi connectivity index (χ4n) is 5.36. The van der Waals surface area contributed by atoms with Crippen molar-refractivity contribution in [3.05, 3.63) is 64.8 Å². The van der Waals surface area contributed by atoms with Gasteiger partial charge in [0.25, 0.3) is 5.91 Å². The molecule has 4 heterocycles. The lowest BCUT2D eigenvalue weighted by Crippen LogP contribution is -2.42. The van der Waals surface area contributed by atoms with Crippen molar-refractivity contribution >= 4 is 16.8 Å². The maximum atomic E-state index is 12.2. The summed E-state index contributed by atoms with van der Waals surface area (Å²) in [7, 11) is 0. The first-order valence-corrected chi connectivity index (χ1v) is 12.6. The number of benzene rings is 1. The van der Waals surface area contributed by atoms with Crippen LogP contribution in [0.5, 0.6) is 0 Å². The van der Waals surface area contributed by atoms with Crippen LogP contribution in [0.3, 0.4) is 0 Å². The lowest BCUT2D eigenvalue weighted by atomic mass is 9.95. The average Bonchev–Trinajstić information content (AvgIpc) is 3.44. The Kier molecular flexibility index (Phi) is 6.73. The van der Waals surface area contributed by atoms with E-state index in [2.05, 4.69) is 59.0 Å². The molecule has 5 rings (SSSR count). The average molecular weight is 490 g/mol. The summed E-state index contributed by atoms with van der Waals surface area (Å²) in [4.78, 5) is 24.7. The molecular formula is C28H35N5O3. The molecule has 190 valence electrons. The molecule has 36 heavy (non-hydrogen) atoms. The van der Waals surface area contributed by atoms with Crippen molar-refractivity contribution < 1.29 is 14.3 Å². The Bertz CT molecular complexity index is 1290. The van der Waals surface area contributed by atoms with E-state index in [1.807, 2.05) is 18.7 Å². The van der Waals surface area contributed by atoms with E-state index in [1.165, 1.54) is 11.8 Å². The minimum Gasteiger partial charge on any atom is -0.471 e. The number of morpholine rings is 1. The predicted octanol–water partition coefficient (Wildman–Crippen LogP) is 3.96. The fourth-order valence-corrected chi connectivity index (χ4v) is 5.36. The highest BCUT2D eigenvalue weighted by atomic mass is 16.5. The van der Waals surface area contributed by atoms with Crippen LogP contribution in [-0.4, -0.2) is 65.1 Å². The van der Waals surface area contributed by atoms with Crippen molar-refractivity contribution in [2.24, 2.45) is 5.73 Å². The van der Waals surface area contributed by atoms with Crippen LogP contribution in [0.15, 0.2) is 42.3 Å². The van der Waals surface area contributed by atoms with Crippen molar-refractivity contribution in [2.45, 2.75) is 39.8 Å². The SMILES string of the molecule is Cc1cc(-c2[nH]c3ccc(C4OC=C(C(N)=O)N4CCN4CCOCC4)cc3c2C(C)C)cc(C)n1. The van der Waals surface area contributed by atoms with Crippen LogP contribution in [0.1, 0.15) is 48.5 Å². The molecule has 0 aliphatic carbocycles. The number of aromatic nitrogens is 2. The maximum absolute atomic E-state index is 12.2. The van der Waals surface area contributed by atoms with E-state index >= 15 is 0 Å². The highest BCUT2D eigenvalue weighted by Gasteiger charge is 2.33. The molecule has 2 aliphatic heterocycles. The van der Waals surface area contributed by atoms with Crippen LogP contribution in [-0.2, 0) is 14.3 Å². The lowest BCUT2D eigenvalue weighted by Gasteiger charge is -2.32. The predicted molar refractivity (Wildman–Crippen MR) is 140 cm³/mol. The molecule has 0 saturated carbocycles. The maximum Gasteiger partial charge on any atom is 0.268 e. The summed E-state index contributed by atoms with van der Waals surface area (Å²) in [5.74, 6) is -0.171. The van der Waals surface area contributed by atoms with Crippen molar-refractivity contribution in [1.29, 1.82) is 0 Å². The third-order valence-electron chi connectivity index (χ3n) is 7.01. The molecule has 1 unspecified atom stereocenters. The Morgan fingerprint density at radius 2 is 1.86 bits per heavy atom. The molecule has 1 amide bonds. The Morgan fingerprint density at radius 3 is 2.53 bits per heavy atom. The first kappa shape index (κ1) is 24.3. The van der Waals surface area contributed by atoms with Gasteiger partial charge >= 0.3 is 0 Å². The smallest absolute Gasteiger partial charge is 0.268 e. The second-order valence-corrected chi connectivity index (χ2v) is 10.0. The number of nitrogens with zero attached hydrogens (tertiary/aromatic N) is 3. The monoisotopic (exact) mass is 489 g/mol. The number of hydrogen-bond acceptors (Lipinski definition) is 6. The van der Waals surface area contributed by atoms with Gasteiger partial charge in [0.15, 0.2) is 6.23 Å². The number of carbonyl (C=O) groups is 1. The standard InChI is InChI=1S/C28H35N5O3/c1-17(2)25-22-15-20(5-6-23(22)31-26(25)21-13-18(3)30-19(4)14-21)28-33(24(16-36-28)27(29)34)8-7-32-9-11-35-12-10-32/h5-6,13-17,28,31H,7-12H2,1-4H3,(H2,29,34). The van der Waals surface area contributed by atoms with E-state index in [0.717, 1.165) is 72.0 Å². The Hall–Kier alpha value is -3.36. The Balaban J connectivity index is 1.50. The van der Waals surface area contributed by atoms with Crippen LogP contribution in [0.25, 0.3) is 22.2 Å². The van der Waals surface area contributed by atoms with E-state index in [-0.39, 0.29) is 0 Å². The summed E-state index contributed by atoms with van der Waals surface area (Å²) in [6, 6.07) is 10.6. The molecule has 0 radical (unpaired) electrons. The number of nitrogens with two attached hydrogens (primary N) is 1. The third-order valence-corrected chi connectivity index (χ3v) is 7.01. The molecule has 1 fully saturated rings. The summed E-state index contributed by atoms with van der Waals surface area (Å²) in [5, 5.41) is 1.16. The zero-order valence-corrected chi connectivity index (χ0v) is 21.5. The van der Waals surface area contributed by atoms with Gasteiger partial charge in [0.1, 0.15) is 12.0 Å². The number of carbonyl (C=O) groups excluding carboxylic acids is 1.